The van der Waals surface area contributed by atoms with E-state index in [0.29, 0.717) is 0 Å². The first-order valence-corrected chi connectivity index (χ1v) is 6.55. The summed E-state index contributed by atoms with van der Waals surface area (Å²) in [6, 6.07) is 8.19. The van der Waals surface area contributed by atoms with Gasteiger partial charge in [0, 0.05) is 0 Å². The van der Waals surface area contributed by atoms with E-state index >= 15 is 0 Å². The van der Waals surface area contributed by atoms with Crippen LogP contribution in [0.4, 0.5) is 0 Å². The van der Waals surface area contributed by atoms with Crippen molar-refractivity contribution in [3.05, 3.63) is 29.8 Å². The Morgan fingerprint density at radius 2 is 1.76 bits per heavy atom. The average Bonchev–Trinajstić information content (AvgIpc) is 2.28. The number of benzene rings is 1. The highest BCUT2D eigenvalue weighted by atomic mass is 16.5. The lowest BCUT2D eigenvalue weighted by Gasteiger charge is -2.14. The van der Waals surface area contributed by atoms with Gasteiger partial charge in [-0.2, -0.15) is 0 Å². The monoisotopic (exact) mass is 236 g/mol. The molecule has 0 aliphatic carbocycles. The molecule has 0 aliphatic heterocycles. The van der Waals surface area contributed by atoms with E-state index in [1.54, 1.807) is 0 Å². The predicted molar refractivity (Wildman–Crippen MR) is 71.4 cm³/mol. The van der Waals surface area contributed by atoms with E-state index in [1.807, 2.05) is 19.1 Å². The van der Waals surface area contributed by atoms with Gasteiger partial charge in [0.25, 0.3) is 0 Å². The lowest BCUT2D eigenvalue weighted by Crippen LogP contribution is -2.10. The highest BCUT2D eigenvalue weighted by molar-refractivity contribution is 5.27. The summed E-state index contributed by atoms with van der Waals surface area (Å²) in [5.74, 6) is 0.937. The van der Waals surface area contributed by atoms with E-state index in [9.17, 15) is 5.11 Å². The van der Waals surface area contributed by atoms with Crippen LogP contribution in [0.2, 0.25) is 0 Å². The second kappa shape index (κ2) is 7.33. The Labute approximate surface area is 105 Å². The van der Waals surface area contributed by atoms with Gasteiger partial charge in [-0.15, -0.1) is 0 Å². The zero-order chi connectivity index (χ0) is 12.7. The summed E-state index contributed by atoms with van der Waals surface area (Å²) in [7, 11) is 0. The van der Waals surface area contributed by atoms with E-state index in [2.05, 4.69) is 26.0 Å². The Morgan fingerprint density at radius 1 is 1.12 bits per heavy atom. The summed E-state index contributed by atoms with van der Waals surface area (Å²) in [4.78, 5) is 0. The van der Waals surface area contributed by atoms with Crippen molar-refractivity contribution in [1.29, 1.82) is 0 Å². The quantitative estimate of drug-likeness (QED) is 0.784. The molecule has 2 heteroatoms. The number of ether oxygens (including phenoxy) is 1. The lowest BCUT2D eigenvalue weighted by atomic mass is 10.1. The second-order valence-electron chi connectivity index (χ2n) is 4.75. The maximum absolute atomic E-state index is 9.22. The molecule has 2 atom stereocenters. The molecule has 1 N–H and O–H groups in total. The third kappa shape index (κ3) is 5.73. The van der Waals surface area contributed by atoms with Gasteiger partial charge in [0.1, 0.15) is 5.75 Å². The zero-order valence-electron chi connectivity index (χ0n) is 11.1. The lowest BCUT2D eigenvalue weighted by molar-refractivity contribution is 0.185. The Kier molecular flexibility index (Phi) is 6.06. The molecule has 17 heavy (non-hydrogen) atoms. The van der Waals surface area contributed by atoms with Crippen LogP contribution < -0.4 is 4.74 Å². The molecule has 0 amide bonds. The summed E-state index contributed by atoms with van der Waals surface area (Å²) in [5, 5.41) is 9.22. The Hall–Kier alpha value is -1.02. The van der Waals surface area contributed by atoms with Crippen LogP contribution in [0.1, 0.15) is 45.6 Å². The summed E-state index contributed by atoms with van der Waals surface area (Å²) >= 11 is 0. The molecule has 0 aromatic heterocycles. The molecule has 0 aliphatic rings. The van der Waals surface area contributed by atoms with Crippen LogP contribution in [0.3, 0.4) is 0 Å². The van der Waals surface area contributed by atoms with Crippen LogP contribution in [0.5, 0.6) is 5.75 Å². The molecule has 1 rings (SSSR count). The van der Waals surface area contributed by atoms with Crippen LogP contribution in [0.25, 0.3) is 0 Å². The van der Waals surface area contributed by atoms with Crippen molar-refractivity contribution >= 4 is 0 Å². The van der Waals surface area contributed by atoms with Crippen molar-refractivity contribution in [1.82, 2.24) is 0 Å². The summed E-state index contributed by atoms with van der Waals surface area (Å²) in [6.07, 6.45) is 4.02. The molecular weight excluding hydrogens is 212 g/mol. The van der Waals surface area contributed by atoms with Crippen molar-refractivity contribution in [2.45, 2.75) is 58.7 Å². The van der Waals surface area contributed by atoms with Gasteiger partial charge in [0.15, 0.2) is 0 Å². The normalized spacial score (nSPS) is 14.4. The fourth-order valence-electron chi connectivity index (χ4n) is 1.81. The third-order valence-electron chi connectivity index (χ3n) is 2.81. The van der Waals surface area contributed by atoms with Crippen molar-refractivity contribution in [3.63, 3.8) is 0 Å². The SMILES string of the molecule is CCCC(C)Oc1ccc(CCC(C)O)cc1. The number of hydrogen-bond donors (Lipinski definition) is 1. The van der Waals surface area contributed by atoms with Gasteiger partial charge < -0.3 is 9.84 Å². The minimum absolute atomic E-state index is 0.226. The molecule has 96 valence electrons. The van der Waals surface area contributed by atoms with Gasteiger partial charge in [0.2, 0.25) is 0 Å². The van der Waals surface area contributed by atoms with Crippen LogP contribution in [-0.2, 0) is 6.42 Å². The maximum Gasteiger partial charge on any atom is 0.119 e. The zero-order valence-corrected chi connectivity index (χ0v) is 11.1. The fourth-order valence-corrected chi connectivity index (χ4v) is 1.81. The standard InChI is InChI=1S/C15H24O2/c1-4-5-13(3)17-15-10-8-14(9-11-15)7-6-12(2)16/h8-13,16H,4-7H2,1-3H3. The fraction of sp³-hybridized carbons (Fsp3) is 0.600. The first-order valence-electron chi connectivity index (χ1n) is 6.55. The van der Waals surface area contributed by atoms with Crippen molar-refractivity contribution in [2.24, 2.45) is 0 Å². The van der Waals surface area contributed by atoms with Crippen LogP contribution in [0, 0.1) is 0 Å². The van der Waals surface area contributed by atoms with E-state index in [1.165, 1.54) is 5.56 Å². The van der Waals surface area contributed by atoms with Crippen molar-refractivity contribution in [3.8, 4) is 5.75 Å². The predicted octanol–water partition coefficient (Wildman–Crippen LogP) is 3.57. The topological polar surface area (TPSA) is 29.5 Å². The van der Waals surface area contributed by atoms with Gasteiger partial charge in [-0.05, 0) is 50.8 Å². The van der Waals surface area contributed by atoms with Gasteiger partial charge in [-0.3, -0.25) is 0 Å². The molecule has 2 unspecified atom stereocenters. The first-order chi connectivity index (χ1) is 8.11. The van der Waals surface area contributed by atoms with Crippen molar-refractivity contribution in [2.75, 3.05) is 0 Å². The Morgan fingerprint density at radius 3 is 2.29 bits per heavy atom. The van der Waals surface area contributed by atoms with E-state index in [-0.39, 0.29) is 12.2 Å². The van der Waals surface area contributed by atoms with Gasteiger partial charge in [-0.1, -0.05) is 25.5 Å². The van der Waals surface area contributed by atoms with Crippen LogP contribution in [-0.4, -0.2) is 17.3 Å². The Bertz CT molecular complexity index is 303. The molecule has 0 saturated heterocycles. The Balaban J connectivity index is 2.44. The summed E-state index contributed by atoms with van der Waals surface area (Å²) < 4.78 is 5.79. The molecule has 0 radical (unpaired) electrons. The molecule has 0 bridgehead atoms. The van der Waals surface area contributed by atoms with E-state index in [0.717, 1.165) is 31.4 Å². The van der Waals surface area contributed by atoms with Crippen LogP contribution in [0.15, 0.2) is 24.3 Å². The maximum atomic E-state index is 9.22. The molecule has 0 spiro atoms. The molecule has 0 fully saturated rings. The molecule has 1 aromatic carbocycles. The van der Waals surface area contributed by atoms with E-state index < -0.39 is 0 Å². The molecule has 1 aromatic rings. The van der Waals surface area contributed by atoms with Crippen LogP contribution >= 0.6 is 0 Å². The van der Waals surface area contributed by atoms with Gasteiger partial charge in [0.05, 0.1) is 12.2 Å². The molecule has 0 heterocycles. The molecule has 0 saturated carbocycles. The molecular formula is C15H24O2. The largest absolute Gasteiger partial charge is 0.491 e. The van der Waals surface area contributed by atoms with E-state index in [4.69, 9.17) is 4.74 Å². The summed E-state index contributed by atoms with van der Waals surface area (Å²) in [5.41, 5.74) is 1.25. The smallest absolute Gasteiger partial charge is 0.119 e. The highest BCUT2D eigenvalue weighted by Gasteiger charge is 2.03. The number of aryl methyl sites for hydroxylation is 1. The number of hydrogen-bond acceptors (Lipinski definition) is 2. The first kappa shape index (κ1) is 14.0. The minimum atomic E-state index is -0.226. The number of aliphatic hydroxyl groups is 1. The molecule has 2 nitrogen and oxygen atoms in total. The minimum Gasteiger partial charge on any atom is -0.491 e. The second-order valence-corrected chi connectivity index (χ2v) is 4.75. The third-order valence-corrected chi connectivity index (χ3v) is 2.81. The van der Waals surface area contributed by atoms with Crippen molar-refractivity contribution < 1.29 is 9.84 Å². The number of aliphatic hydroxyl groups excluding tert-OH is 1. The number of rotatable bonds is 7. The average molecular weight is 236 g/mol. The summed E-state index contributed by atoms with van der Waals surface area (Å²) in [6.45, 7) is 6.09. The van der Waals surface area contributed by atoms with Gasteiger partial charge in [-0.25, -0.2) is 0 Å². The highest BCUT2D eigenvalue weighted by Crippen LogP contribution is 2.16. The van der Waals surface area contributed by atoms with Gasteiger partial charge >= 0.3 is 0 Å².